The lowest BCUT2D eigenvalue weighted by Crippen LogP contribution is -2.46. The van der Waals surface area contributed by atoms with Crippen molar-refractivity contribution in [1.82, 2.24) is 9.78 Å². The van der Waals surface area contributed by atoms with Crippen LogP contribution >= 0.6 is 0 Å². The highest BCUT2D eigenvalue weighted by Gasteiger charge is 2.33. The van der Waals surface area contributed by atoms with E-state index in [1.54, 1.807) is 0 Å². The summed E-state index contributed by atoms with van der Waals surface area (Å²) < 4.78 is 1.87. The largest absolute Gasteiger partial charge is 0.325 e. The van der Waals surface area contributed by atoms with Gasteiger partial charge in [0.05, 0.1) is 6.20 Å². The van der Waals surface area contributed by atoms with Gasteiger partial charge < -0.3 is 5.73 Å². The number of rotatable bonds is 3. The molecule has 0 spiro atoms. The fourth-order valence-corrected chi connectivity index (χ4v) is 3.52. The maximum absolute atomic E-state index is 6.57. The van der Waals surface area contributed by atoms with Crippen LogP contribution < -0.4 is 5.73 Å². The molecule has 1 fully saturated rings. The summed E-state index contributed by atoms with van der Waals surface area (Å²) in [5, 5.41) is 4.21. The molecule has 1 heterocycles. The van der Waals surface area contributed by atoms with Crippen molar-refractivity contribution in [3.8, 4) is 0 Å². The van der Waals surface area contributed by atoms with Crippen molar-refractivity contribution in [2.24, 2.45) is 24.6 Å². The summed E-state index contributed by atoms with van der Waals surface area (Å²) in [7, 11) is 1.96. The zero-order chi connectivity index (χ0) is 12.5. The van der Waals surface area contributed by atoms with E-state index >= 15 is 0 Å². The number of aryl methyl sites for hydroxylation is 2. The predicted octanol–water partition coefficient (Wildman–Crippen LogP) is 2.51. The Kier molecular flexibility index (Phi) is 3.57. The smallest absolute Gasteiger partial charge is 0.0521 e. The predicted molar refractivity (Wildman–Crippen MR) is 70.6 cm³/mol. The molecule has 1 aromatic heterocycles. The average molecular weight is 235 g/mol. The lowest BCUT2D eigenvalue weighted by Gasteiger charge is -2.40. The molecule has 1 aromatic rings. The van der Waals surface area contributed by atoms with Gasteiger partial charge in [-0.1, -0.05) is 13.8 Å². The van der Waals surface area contributed by atoms with Crippen molar-refractivity contribution < 1.29 is 0 Å². The van der Waals surface area contributed by atoms with Crippen LogP contribution in [-0.4, -0.2) is 15.3 Å². The fourth-order valence-electron chi connectivity index (χ4n) is 3.52. The molecule has 0 aliphatic heterocycles. The van der Waals surface area contributed by atoms with Crippen molar-refractivity contribution >= 4 is 0 Å². The van der Waals surface area contributed by atoms with Gasteiger partial charge in [0.15, 0.2) is 0 Å². The van der Waals surface area contributed by atoms with E-state index in [4.69, 9.17) is 5.73 Å². The highest BCUT2D eigenvalue weighted by molar-refractivity contribution is 5.06. The Morgan fingerprint density at radius 3 is 2.59 bits per heavy atom. The Morgan fingerprint density at radius 1 is 1.41 bits per heavy atom. The summed E-state index contributed by atoms with van der Waals surface area (Å²) in [4.78, 5) is 0. The minimum Gasteiger partial charge on any atom is -0.325 e. The molecule has 2 rings (SSSR count). The first kappa shape index (κ1) is 12.6. The van der Waals surface area contributed by atoms with Crippen LogP contribution in [-0.2, 0) is 13.5 Å². The molecule has 3 heteroatoms. The van der Waals surface area contributed by atoms with Crippen LogP contribution in [0.5, 0.6) is 0 Å². The molecule has 1 saturated carbocycles. The molecule has 96 valence electrons. The molecule has 2 atom stereocenters. The van der Waals surface area contributed by atoms with Crippen LogP contribution in [0.1, 0.15) is 45.1 Å². The molecule has 3 nitrogen and oxygen atoms in total. The summed E-state index contributed by atoms with van der Waals surface area (Å²) in [6, 6.07) is 0. The van der Waals surface area contributed by atoms with Gasteiger partial charge in [-0.25, -0.2) is 0 Å². The lowest BCUT2D eigenvalue weighted by atomic mass is 9.70. The first-order valence-electron chi connectivity index (χ1n) is 6.73. The molecule has 0 amide bonds. The molecule has 0 radical (unpaired) electrons. The van der Waals surface area contributed by atoms with Crippen molar-refractivity contribution in [2.75, 3.05) is 0 Å². The van der Waals surface area contributed by atoms with Crippen molar-refractivity contribution in [2.45, 2.75) is 51.5 Å². The van der Waals surface area contributed by atoms with Gasteiger partial charge in [0.1, 0.15) is 0 Å². The topological polar surface area (TPSA) is 43.8 Å². The zero-order valence-electron chi connectivity index (χ0n) is 11.3. The minimum atomic E-state index is 0.0485. The first-order chi connectivity index (χ1) is 7.97. The van der Waals surface area contributed by atoms with Crippen LogP contribution in [0.3, 0.4) is 0 Å². The summed E-state index contributed by atoms with van der Waals surface area (Å²) >= 11 is 0. The first-order valence-corrected chi connectivity index (χ1v) is 6.73. The van der Waals surface area contributed by atoms with Crippen molar-refractivity contribution in [1.29, 1.82) is 0 Å². The van der Waals surface area contributed by atoms with Gasteiger partial charge >= 0.3 is 0 Å². The normalized spacial score (nSPS) is 33.9. The monoisotopic (exact) mass is 235 g/mol. The average Bonchev–Trinajstić information content (AvgIpc) is 2.59. The number of hydrogen-bond donors (Lipinski definition) is 1. The van der Waals surface area contributed by atoms with E-state index in [1.165, 1.54) is 24.8 Å². The molecule has 1 aliphatic carbocycles. The molecular formula is C14H25N3. The summed E-state index contributed by atoms with van der Waals surface area (Å²) in [6.45, 7) is 4.67. The maximum atomic E-state index is 6.57. The van der Waals surface area contributed by atoms with E-state index in [9.17, 15) is 0 Å². The van der Waals surface area contributed by atoms with Gasteiger partial charge in [-0.2, -0.15) is 5.10 Å². The third kappa shape index (κ3) is 3.32. The van der Waals surface area contributed by atoms with Crippen LogP contribution in [0, 0.1) is 11.8 Å². The zero-order valence-corrected chi connectivity index (χ0v) is 11.3. The van der Waals surface area contributed by atoms with Crippen LogP contribution in [0.25, 0.3) is 0 Å². The second-order valence-corrected chi connectivity index (χ2v) is 6.24. The minimum absolute atomic E-state index is 0.0485. The Labute approximate surface area is 104 Å². The van der Waals surface area contributed by atoms with Gasteiger partial charge in [0, 0.05) is 18.8 Å². The van der Waals surface area contributed by atoms with Crippen LogP contribution in [0.4, 0.5) is 0 Å². The second kappa shape index (κ2) is 4.81. The number of nitrogens with two attached hydrogens (primary N) is 1. The van der Waals surface area contributed by atoms with E-state index in [0.717, 1.165) is 24.7 Å². The molecule has 2 unspecified atom stereocenters. The molecule has 0 bridgehead atoms. The summed E-state index contributed by atoms with van der Waals surface area (Å²) in [5.41, 5.74) is 7.92. The third-order valence-corrected chi connectivity index (χ3v) is 3.98. The summed E-state index contributed by atoms with van der Waals surface area (Å²) in [6.07, 6.45) is 9.90. The second-order valence-electron chi connectivity index (χ2n) is 6.24. The highest BCUT2D eigenvalue weighted by atomic mass is 15.2. The van der Waals surface area contributed by atoms with Crippen molar-refractivity contribution in [3.05, 3.63) is 18.0 Å². The van der Waals surface area contributed by atoms with E-state index in [0.29, 0.717) is 0 Å². The van der Waals surface area contributed by atoms with Gasteiger partial charge in [-0.3, -0.25) is 4.68 Å². The van der Waals surface area contributed by atoms with E-state index in [-0.39, 0.29) is 5.54 Å². The van der Waals surface area contributed by atoms with Gasteiger partial charge in [-0.15, -0.1) is 0 Å². The summed E-state index contributed by atoms with van der Waals surface area (Å²) in [5.74, 6) is 1.55. The Hall–Kier alpha value is -0.830. The Morgan fingerprint density at radius 2 is 2.06 bits per heavy atom. The van der Waals surface area contributed by atoms with E-state index < -0.39 is 0 Å². The SMILES string of the molecule is CC1CC(C)CC(N)(CCc2cnn(C)c2)C1. The quantitative estimate of drug-likeness (QED) is 0.875. The molecule has 17 heavy (non-hydrogen) atoms. The molecule has 0 aromatic carbocycles. The molecule has 2 N–H and O–H groups in total. The molecular weight excluding hydrogens is 210 g/mol. The maximum Gasteiger partial charge on any atom is 0.0521 e. The lowest BCUT2D eigenvalue weighted by molar-refractivity contribution is 0.173. The van der Waals surface area contributed by atoms with E-state index in [2.05, 4.69) is 25.1 Å². The number of aromatic nitrogens is 2. The van der Waals surface area contributed by atoms with E-state index in [1.807, 2.05) is 17.9 Å². The fraction of sp³-hybridized carbons (Fsp3) is 0.786. The van der Waals surface area contributed by atoms with Gasteiger partial charge in [0.2, 0.25) is 0 Å². The highest BCUT2D eigenvalue weighted by Crippen LogP contribution is 2.36. The van der Waals surface area contributed by atoms with Crippen molar-refractivity contribution in [3.63, 3.8) is 0 Å². The van der Waals surface area contributed by atoms with Crippen LogP contribution in [0.2, 0.25) is 0 Å². The Balaban J connectivity index is 1.92. The molecule has 1 aliphatic rings. The Bertz CT molecular complexity index is 359. The third-order valence-electron chi connectivity index (χ3n) is 3.98. The van der Waals surface area contributed by atoms with Gasteiger partial charge in [0.25, 0.3) is 0 Å². The number of nitrogens with zero attached hydrogens (tertiary/aromatic N) is 2. The number of hydrogen-bond acceptors (Lipinski definition) is 2. The standard InChI is InChI=1S/C14H25N3/c1-11-6-12(2)8-14(15,7-11)5-4-13-9-16-17(3)10-13/h9-12H,4-8,15H2,1-3H3. The molecule has 0 saturated heterocycles. The van der Waals surface area contributed by atoms with Crippen LogP contribution in [0.15, 0.2) is 12.4 Å². The van der Waals surface area contributed by atoms with Gasteiger partial charge in [-0.05, 0) is 49.5 Å².